The van der Waals surface area contributed by atoms with Crippen LogP contribution < -0.4 is 5.73 Å². The fourth-order valence-corrected chi connectivity index (χ4v) is 1.66. The third-order valence-electron chi connectivity index (χ3n) is 2.69. The minimum Gasteiger partial charge on any atom is -0.396 e. The van der Waals surface area contributed by atoms with E-state index >= 15 is 0 Å². The Morgan fingerprint density at radius 3 is 2.65 bits per heavy atom. The van der Waals surface area contributed by atoms with Gasteiger partial charge in [-0.15, -0.1) is 0 Å². The first-order valence-electron chi connectivity index (χ1n) is 5.82. The zero-order chi connectivity index (χ0) is 14.1. The van der Waals surface area contributed by atoms with Gasteiger partial charge in [0.2, 0.25) is 11.6 Å². The second-order valence-corrected chi connectivity index (χ2v) is 4.21. The van der Waals surface area contributed by atoms with Gasteiger partial charge in [0.15, 0.2) is 0 Å². The molecule has 0 bridgehead atoms. The molecule has 3 rings (SSSR count). The Hall–Kier alpha value is -2.83. The fraction of sp³-hybridized carbons (Fsp3) is 0.0769. The van der Waals surface area contributed by atoms with Crippen LogP contribution in [0.25, 0.3) is 23.1 Å². The molecule has 0 spiro atoms. The number of nitrogen functional groups attached to an aromatic ring is 1. The Morgan fingerprint density at radius 2 is 1.90 bits per heavy atom. The summed E-state index contributed by atoms with van der Waals surface area (Å²) < 4.78 is 18.5. The van der Waals surface area contributed by atoms with Crippen LogP contribution in [0.5, 0.6) is 0 Å². The van der Waals surface area contributed by atoms with Gasteiger partial charge in [-0.05, 0) is 24.6 Å². The number of halogens is 1. The number of benzene rings is 1. The monoisotopic (exact) mass is 271 g/mol. The maximum atomic E-state index is 13.4. The van der Waals surface area contributed by atoms with E-state index in [4.69, 9.17) is 10.3 Å². The Balaban J connectivity index is 2.02. The van der Waals surface area contributed by atoms with Crippen LogP contribution in [0.3, 0.4) is 0 Å². The van der Waals surface area contributed by atoms with Crippen molar-refractivity contribution in [3.63, 3.8) is 0 Å². The molecule has 0 aliphatic rings. The molecular weight excluding hydrogens is 261 g/mol. The lowest BCUT2D eigenvalue weighted by Gasteiger charge is -2.00. The normalized spacial score (nSPS) is 10.7. The first kappa shape index (κ1) is 12.2. The van der Waals surface area contributed by atoms with Crippen LogP contribution >= 0.6 is 0 Å². The van der Waals surface area contributed by atoms with Gasteiger partial charge in [-0.3, -0.25) is 0 Å². The SMILES string of the molecule is Cc1cnc(-c2noc(-c3cccc(F)c3N)n2)nc1. The maximum absolute atomic E-state index is 13.4. The third kappa shape index (κ3) is 2.09. The summed E-state index contributed by atoms with van der Waals surface area (Å²) in [4.78, 5) is 12.3. The van der Waals surface area contributed by atoms with E-state index in [0.29, 0.717) is 11.4 Å². The molecule has 0 aliphatic carbocycles. The summed E-state index contributed by atoms with van der Waals surface area (Å²) in [5.41, 5.74) is 6.88. The Labute approximate surface area is 113 Å². The molecule has 2 aromatic heterocycles. The molecule has 100 valence electrons. The van der Waals surface area contributed by atoms with E-state index in [1.54, 1.807) is 18.5 Å². The van der Waals surface area contributed by atoms with Crippen molar-refractivity contribution >= 4 is 5.69 Å². The lowest BCUT2D eigenvalue weighted by atomic mass is 10.2. The van der Waals surface area contributed by atoms with Crippen molar-refractivity contribution in [2.24, 2.45) is 0 Å². The molecule has 20 heavy (non-hydrogen) atoms. The van der Waals surface area contributed by atoms with Crippen molar-refractivity contribution in [3.8, 4) is 23.1 Å². The van der Waals surface area contributed by atoms with Crippen molar-refractivity contribution in [1.29, 1.82) is 0 Å². The molecule has 2 N–H and O–H groups in total. The van der Waals surface area contributed by atoms with Gasteiger partial charge < -0.3 is 10.3 Å². The van der Waals surface area contributed by atoms with E-state index in [0.717, 1.165) is 5.56 Å². The lowest BCUT2D eigenvalue weighted by Crippen LogP contribution is -1.94. The average molecular weight is 271 g/mol. The molecule has 0 saturated heterocycles. The van der Waals surface area contributed by atoms with Crippen molar-refractivity contribution in [2.45, 2.75) is 6.92 Å². The molecule has 2 heterocycles. The molecule has 0 unspecified atom stereocenters. The van der Waals surface area contributed by atoms with E-state index in [1.807, 2.05) is 6.92 Å². The predicted octanol–water partition coefficient (Wildman–Crippen LogP) is 2.22. The average Bonchev–Trinajstić information content (AvgIpc) is 2.92. The van der Waals surface area contributed by atoms with Crippen LogP contribution in [0.1, 0.15) is 5.56 Å². The van der Waals surface area contributed by atoms with Crippen LogP contribution in [0.4, 0.5) is 10.1 Å². The highest BCUT2D eigenvalue weighted by Gasteiger charge is 2.16. The smallest absolute Gasteiger partial charge is 0.260 e. The molecule has 0 radical (unpaired) electrons. The standard InChI is InChI=1S/C13H10FN5O/c1-7-5-16-11(17-6-7)12-18-13(20-19-12)8-3-2-4-9(14)10(8)15/h2-6H,15H2,1H3. The number of nitrogens with two attached hydrogens (primary N) is 1. The van der Waals surface area contributed by atoms with Gasteiger partial charge in [0.1, 0.15) is 5.82 Å². The summed E-state index contributed by atoms with van der Waals surface area (Å²) in [6, 6.07) is 4.39. The minimum atomic E-state index is -0.533. The van der Waals surface area contributed by atoms with Crippen molar-refractivity contribution < 1.29 is 8.91 Å². The number of aryl methyl sites for hydroxylation is 1. The number of aromatic nitrogens is 4. The first-order valence-corrected chi connectivity index (χ1v) is 5.82. The molecule has 0 aliphatic heterocycles. The van der Waals surface area contributed by atoms with Gasteiger partial charge in [-0.25, -0.2) is 14.4 Å². The predicted molar refractivity (Wildman–Crippen MR) is 69.9 cm³/mol. The zero-order valence-electron chi connectivity index (χ0n) is 10.5. The molecular formula is C13H10FN5O. The summed E-state index contributed by atoms with van der Waals surface area (Å²) in [5.74, 6) is 0.152. The van der Waals surface area contributed by atoms with Crippen LogP contribution in [0, 0.1) is 12.7 Å². The lowest BCUT2D eigenvalue weighted by molar-refractivity contribution is 0.432. The second-order valence-electron chi connectivity index (χ2n) is 4.21. The van der Waals surface area contributed by atoms with E-state index < -0.39 is 5.82 Å². The summed E-state index contributed by atoms with van der Waals surface area (Å²) in [5, 5.41) is 3.77. The maximum Gasteiger partial charge on any atom is 0.260 e. The van der Waals surface area contributed by atoms with Gasteiger partial charge >= 0.3 is 0 Å². The number of hydrogen-bond donors (Lipinski definition) is 1. The van der Waals surface area contributed by atoms with Crippen LogP contribution in [0.15, 0.2) is 35.1 Å². The second kappa shape index (κ2) is 4.69. The van der Waals surface area contributed by atoms with Gasteiger partial charge in [-0.1, -0.05) is 11.2 Å². The van der Waals surface area contributed by atoms with Crippen molar-refractivity contribution in [2.75, 3.05) is 5.73 Å². The molecule has 0 atom stereocenters. The topological polar surface area (TPSA) is 90.7 Å². The highest BCUT2D eigenvalue weighted by atomic mass is 19.1. The Bertz CT molecular complexity index is 754. The van der Waals surface area contributed by atoms with E-state index in [1.165, 1.54) is 12.1 Å². The number of para-hydroxylation sites is 1. The van der Waals surface area contributed by atoms with Gasteiger partial charge in [0.25, 0.3) is 5.89 Å². The number of rotatable bonds is 2. The summed E-state index contributed by atoms with van der Waals surface area (Å²) in [6.45, 7) is 1.87. The van der Waals surface area contributed by atoms with Gasteiger partial charge in [0.05, 0.1) is 11.3 Å². The van der Waals surface area contributed by atoms with E-state index in [2.05, 4.69) is 20.1 Å². The summed E-state index contributed by atoms with van der Waals surface area (Å²) in [7, 11) is 0. The highest BCUT2D eigenvalue weighted by Crippen LogP contribution is 2.27. The molecule has 0 saturated carbocycles. The summed E-state index contributed by atoms with van der Waals surface area (Å²) >= 11 is 0. The minimum absolute atomic E-state index is 0.0347. The van der Waals surface area contributed by atoms with Gasteiger partial charge in [0, 0.05) is 12.4 Å². The highest BCUT2D eigenvalue weighted by molar-refractivity contribution is 5.71. The van der Waals surface area contributed by atoms with Gasteiger partial charge in [-0.2, -0.15) is 4.98 Å². The van der Waals surface area contributed by atoms with Crippen LogP contribution in [0.2, 0.25) is 0 Å². The van der Waals surface area contributed by atoms with Crippen molar-refractivity contribution in [3.05, 3.63) is 42.0 Å². The number of nitrogens with zero attached hydrogens (tertiary/aromatic N) is 4. The molecule has 0 amide bonds. The molecule has 0 fully saturated rings. The van der Waals surface area contributed by atoms with E-state index in [9.17, 15) is 4.39 Å². The Kier molecular flexibility index (Phi) is 2.86. The van der Waals surface area contributed by atoms with Crippen LogP contribution in [-0.2, 0) is 0 Å². The zero-order valence-corrected chi connectivity index (χ0v) is 10.5. The summed E-state index contributed by atoms with van der Waals surface area (Å²) in [6.07, 6.45) is 3.30. The quantitative estimate of drug-likeness (QED) is 0.719. The van der Waals surface area contributed by atoms with Crippen molar-refractivity contribution in [1.82, 2.24) is 20.1 Å². The number of anilines is 1. The number of hydrogen-bond acceptors (Lipinski definition) is 6. The first-order chi connectivity index (χ1) is 9.65. The molecule has 6 nitrogen and oxygen atoms in total. The molecule has 7 heteroatoms. The third-order valence-corrected chi connectivity index (χ3v) is 2.69. The van der Waals surface area contributed by atoms with E-state index in [-0.39, 0.29) is 17.4 Å². The molecule has 1 aromatic carbocycles. The van der Waals surface area contributed by atoms with Crippen LogP contribution in [-0.4, -0.2) is 20.1 Å². The Morgan fingerprint density at radius 1 is 1.15 bits per heavy atom. The molecule has 3 aromatic rings. The fourth-order valence-electron chi connectivity index (χ4n) is 1.66. The largest absolute Gasteiger partial charge is 0.396 e.